The predicted molar refractivity (Wildman–Crippen MR) is 118 cm³/mol. The number of nitro benzene ring substituents is 1. The third-order valence-electron chi connectivity index (χ3n) is 6.72. The Kier molecular flexibility index (Phi) is 5.82. The van der Waals surface area contributed by atoms with Crippen LogP contribution in [0.4, 0.5) is 5.69 Å². The molecule has 0 N–H and O–H groups in total. The summed E-state index contributed by atoms with van der Waals surface area (Å²) in [6, 6.07) is 2.47. The van der Waals surface area contributed by atoms with Crippen LogP contribution in [0.3, 0.4) is 0 Å². The fourth-order valence-electron chi connectivity index (χ4n) is 5.15. The van der Waals surface area contributed by atoms with Crippen LogP contribution >= 0.6 is 11.6 Å². The molecule has 4 aliphatic rings. The largest absolute Gasteiger partial charge is 0.476 e. The maximum atomic E-state index is 12.9. The zero-order valence-corrected chi connectivity index (χ0v) is 18.7. The van der Waals surface area contributed by atoms with Crippen LogP contribution in [-0.2, 0) is 19.1 Å². The van der Waals surface area contributed by atoms with Crippen LogP contribution in [0.25, 0.3) is 0 Å². The normalized spacial score (nSPS) is 27.7. The lowest BCUT2D eigenvalue weighted by Gasteiger charge is -2.26. The highest BCUT2D eigenvalue weighted by Crippen LogP contribution is 2.52. The Bertz CT molecular complexity index is 1100. The van der Waals surface area contributed by atoms with Crippen molar-refractivity contribution in [2.75, 3.05) is 32.9 Å². The molecule has 0 spiro atoms. The Morgan fingerprint density at radius 3 is 2.47 bits per heavy atom. The molecule has 2 aliphatic heterocycles. The first kappa shape index (κ1) is 22.5. The fourth-order valence-corrected chi connectivity index (χ4v) is 5.37. The van der Waals surface area contributed by atoms with Gasteiger partial charge in [0.05, 0.1) is 36.2 Å². The quantitative estimate of drug-likeness (QED) is 0.195. The minimum atomic E-state index is -0.683. The average Bonchev–Trinajstić information content (AvgIpc) is 3.51. The Hall–Kier alpha value is -3.31. The number of carbonyl (C=O) groups excluding carboxylic acids is 3. The number of hydrogen-bond donors (Lipinski definition) is 0. The molecular weight excluding hydrogens is 468 g/mol. The molecule has 2 aliphatic carbocycles. The number of morpholine rings is 1. The van der Waals surface area contributed by atoms with E-state index in [0.29, 0.717) is 26.3 Å². The van der Waals surface area contributed by atoms with Crippen LogP contribution in [0.1, 0.15) is 12.0 Å². The number of fused-ring (bicyclic) bond motifs is 5. The highest BCUT2D eigenvalue weighted by atomic mass is 35.5. The Morgan fingerprint density at radius 1 is 1.21 bits per heavy atom. The Balaban J connectivity index is 1.39. The molecule has 5 rings (SSSR count). The molecular formula is C22H21ClN4O7. The lowest BCUT2D eigenvalue weighted by Crippen LogP contribution is -2.43. The van der Waals surface area contributed by atoms with E-state index in [4.69, 9.17) is 21.1 Å². The third-order valence-corrected chi connectivity index (χ3v) is 6.94. The number of allylic oxidation sites excluding steroid dienone is 2. The van der Waals surface area contributed by atoms with Gasteiger partial charge in [0.2, 0.25) is 5.75 Å². The molecule has 178 valence electrons. The van der Waals surface area contributed by atoms with Gasteiger partial charge >= 0.3 is 5.69 Å². The maximum Gasteiger partial charge on any atom is 0.313 e. The molecule has 2 bridgehead atoms. The Morgan fingerprint density at radius 2 is 1.85 bits per heavy atom. The molecule has 3 fully saturated rings. The average molecular weight is 489 g/mol. The number of amides is 3. The number of benzene rings is 1. The summed E-state index contributed by atoms with van der Waals surface area (Å²) in [7, 11) is 0. The van der Waals surface area contributed by atoms with E-state index < -0.39 is 29.1 Å². The fraction of sp³-hybridized carbons (Fsp3) is 0.455. The van der Waals surface area contributed by atoms with Gasteiger partial charge in [-0.3, -0.25) is 24.5 Å². The summed E-state index contributed by atoms with van der Waals surface area (Å²) in [6.07, 6.45) is 5.88. The van der Waals surface area contributed by atoms with Crippen molar-refractivity contribution in [3.8, 4) is 5.75 Å². The Labute approximate surface area is 199 Å². The van der Waals surface area contributed by atoms with Gasteiger partial charge in [0.1, 0.15) is 0 Å². The number of imide groups is 1. The van der Waals surface area contributed by atoms with E-state index in [1.807, 2.05) is 12.2 Å². The summed E-state index contributed by atoms with van der Waals surface area (Å²) >= 11 is 6.06. The standard InChI is InChI=1S/C22H21ClN4O7/c23-15-8-14(10-24-26-21(29)18-12-1-2-13(7-12)19(18)22(26)30)20(16(9-15)27(31)32)34-11-17(28)25-3-5-33-6-4-25/h1-2,8-10,12-13,18-19H,3-7,11H2. The van der Waals surface area contributed by atoms with E-state index in [2.05, 4.69) is 5.10 Å². The number of carbonyl (C=O) groups is 3. The van der Waals surface area contributed by atoms with Crippen molar-refractivity contribution >= 4 is 41.2 Å². The summed E-state index contributed by atoms with van der Waals surface area (Å²) in [6.45, 7) is 1.17. The summed E-state index contributed by atoms with van der Waals surface area (Å²) in [4.78, 5) is 50.7. The van der Waals surface area contributed by atoms with Gasteiger partial charge in [-0.05, 0) is 24.3 Å². The van der Waals surface area contributed by atoms with Gasteiger partial charge in [-0.25, -0.2) is 0 Å². The smallest absolute Gasteiger partial charge is 0.313 e. The molecule has 1 aromatic carbocycles. The lowest BCUT2D eigenvalue weighted by molar-refractivity contribution is -0.385. The van der Waals surface area contributed by atoms with Gasteiger partial charge in [-0.15, -0.1) is 0 Å². The first-order valence-corrected chi connectivity index (χ1v) is 11.3. The first-order valence-electron chi connectivity index (χ1n) is 10.9. The number of nitrogens with zero attached hydrogens (tertiary/aromatic N) is 4. The highest BCUT2D eigenvalue weighted by Gasteiger charge is 2.59. The maximum absolute atomic E-state index is 12.9. The van der Waals surface area contributed by atoms with Crippen molar-refractivity contribution in [1.82, 2.24) is 9.91 Å². The van der Waals surface area contributed by atoms with Gasteiger partial charge in [-0.1, -0.05) is 23.8 Å². The number of nitro groups is 1. The number of ether oxygens (including phenoxy) is 2. The monoisotopic (exact) mass is 488 g/mol. The van der Waals surface area contributed by atoms with Gasteiger partial charge < -0.3 is 14.4 Å². The van der Waals surface area contributed by atoms with Crippen LogP contribution in [0.5, 0.6) is 5.75 Å². The molecule has 12 heteroatoms. The van der Waals surface area contributed by atoms with Gasteiger partial charge in [0.25, 0.3) is 17.7 Å². The van der Waals surface area contributed by atoms with Crippen molar-refractivity contribution in [3.05, 3.63) is 45.0 Å². The summed E-state index contributed by atoms with van der Waals surface area (Å²) < 4.78 is 10.8. The van der Waals surface area contributed by atoms with Crippen LogP contribution in [0, 0.1) is 33.8 Å². The summed E-state index contributed by atoms with van der Waals surface area (Å²) in [5.74, 6) is -2.12. The van der Waals surface area contributed by atoms with Crippen LogP contribution < -0.4 is 4.74 Å². The van der Waals surface area contributed by atoms with Crippen molar-refractivity contribution in [2.24, 2.45) is 28.8 Å². The highest BCUT2D eigenvalue weighted by molar-refractivity contribution is 6.31. The van der Waals surface area contributed by atoms with E-state index in [9.17, 15) is 24.5 Å². The van der Waals surface area contributed by atoms with Gasteiger partial charge in [0, 0.05) is 29.7 Å². The minimum absolute atomic E-state index is 0.0315. The van der Waals surface area contributed by atoms with E-state index >= 15 is 0 Å². The molecule has 3 amide bonds. The third kappa shape index (κ3) is 3.84. The number of hydrogen-bond acceptors (Lipinski definition) is 8. The molecule has 1 saturated carbocycles. The first-order chi connectivity index (χ1) is 16.3. The van der Waals surface area contributed by atoms with Crippen LogP contribution in [-0.4, -0.2) is 71.7 Å². The molecule has 11 nitrogen and oxygen atoms in total. The summed E-state index contributed by atoms with van der Waals surface area (Å²) in [5, 5.41) is 16.6. The zero-order chi connectivity index (χ0) is 24.0. The van der Waals surface area contributed by atoms with E-state index in [-0.39, 0.29) is 45.9 Å². The van der Waals surface area contributed by atoms with Crippen molar-refractivity contribution < 1.29 is 28.8 Å². The second-order valence-corrected chi connectivity index (χ2v) is 9.05. The second kappa shape index (κ2) is 8.80. The van der Waals surface area contributed by atoms with Gasteiger partial charge in [0.15, 0.2) is 6.61 Å². The predicted octanol–water partition coefficient (Wildman–Crippen LogP) is 1.63. The van der Waals surface area contributed by atoms with Crippen LogP contribution in [0.15, 0.2) is 29.4 Å². The SMILES string of the molecule is O=C(COc1c(C=NN2C(=O)C3C4C=CC(C4)C3C2=O)cc(Cl)cc1[N+](=O)[O-])N1CCOCC1. The van der Waals surface area contributed by atoms with Crippen LogP contribution in [0.2, 0.25) is 5.02 Å². The van der Waals surface area contributed by atoms with Crippen molar-refractivity contribution in [3.63, 3.8) is 0 Å². The number of halogens is 1. The molecule has 0 radical (unpaired) electrons. The zero-order valence-electron chi connectivity index (χ0n) is 18.0. The second-order valence-electron chi connectivity index (χ2n) is 8.61. The van der Waals surface area contributed by atoms with E-state index in [1.165, 1.54) is 6.07 Å². The molecule has 2 heterocycles. The number of rotatable bonds is 6. The molecule has 4 atom stereocenters. The van der Waals surface area contributed by atoms with Crippen molar-refractivity contribution in [1.29, 1.82) is 0 Å². The van der Waals surface area contributed by atoms with Gasteiger partial charge in [-0.2, -0.15) is 10.1 Å². The topological polar surface area (TPSA) is 132 Å². The molecule has 0 aromatic heterocycles. The molecule has 34 heavy (non-hydrogen) atoms. The van der Waals surface area contributed by atoms with Crippen molar-refractivity contribution in [2.45, 2.75) is 6.42 Å². The summed E-state index contributed by atoms with van der Waals surface area (Å²) in [5.41, 5.74) is -0.380. The molecule has 4 unspecified atom stereocenters. The molecule has 1 aromatic rings. The lowest BCUT2D eigenvalue weighted by atomic mass is 9.85. The van der Waals surface area contributed by atoms with E-state index in [1.54, 1.807) is 4.90 Å². The molecule has 2 saturated heterocycles. The van der Waals surface area contributed by atoms with E-state index in [0.717, 1.165) is 23.7 Å². The number of hydrazone groups is 1. The minimum Gasteiger partial charge on any atom is -0.476 e.